The highest BCUT2D eigenvalue weighted by Crippen LogP contribution is 2.28. The van der Waals surface area contributed by atoms with Gasteiger partial charge in [-0.15, -0.1) is 24.0 Å². The highest BCUT2D eigenvalue weighted by molar-refractivity contribution is 14.0. The van der Waals surface area contributed by atoms with Crippen molar-refractivity contribution in [3.63, 3.8) is 0 Å². The number of halogens is 1. The van der Waals surface area contributed by atoms with Crippen molar-refractivity contribution in [3.05, 3.63) is 53.6 Å². The second-order valence-electron chi connectivity index (χ2n) is 6.73. The number of hydrogen-bond donors (Lipinski definition) is 2. The van der Waals surface area contributed by atoms with Gasteiger partial charge in [-0.2, -0.15) is 0 Å². The van der Waals surface area contributed by atoms with E-state index in [1.165, 1.54) is 5.56 Å². The minimum atomic E-state index is 0. The molecule has 1 atom stereocenters. The Labute approximate surface area is 197 Å². The van der Waals surface area contributed by atoms with E-state index in [4.69, 9.17) is 14.2 Å². The van der Waals surface area contributed by atoms with Gasteiger partial charge in [-0.05, 0) is 54.7 Å². The SMILES string of the molecule is CCOc1cc(CNC(=NC)NCCC(C)c2ccc(OC)cc2)ccc1OC.I. The molecule has 0 saturated carbocycles. The van der Waals surface area contributed by atoms with Crippen LogP contribution in [-0.2, 0) is 6.54 Å². The first kappa shape index (κ1) is 25.9. The molecule has 0 aliphatic rings. The maximum Gasteiger partial charge on any atom is 0.191 e. The van der Waals surface area contributed by atoms with Crippen molar-refractivity contribution in [2.75, 3.05) is 34.4 Å². The molecule has 30 heavy (non-hydrogen) atoms. The van der Waals surface area contributed by atoms with Gasteiger partial charge in [0.05, 0.1) is 20.8 Å². The van der Waals surface area contributed by atoms with Crippen LogP contribution in [0.15, 0.2) is 47.5 Å². The van der Waals surface area contributed by atoms with Crippen LogP contribution < -0.4 is 24.8 Å². The van der Waals surface area contributed by atoms with Gasteiger partial charge in [0, 0.05) is 20.1 Å². The molecule has 0 aliphatic heterocycles. The minimum absolute atomic E-state index is 0. The summed E-state index contributed by atoms with van der Waals surface area (Å²) in [6, 6.07) is 14.2. The van der Waals surface area contributed by atoms with Crippen LogP contribution in [-0.4, -0.2) is 40.4 Å². The van der Waals surface area contributed by atoms with Crippen molar-refractivity contribution in [2.45, 2.75) is 32.7 Å². The normalized spacial score (nSPS) is 11.8. The Morgan fingerprint density at radius 1 is 1.00 bits per heavy atom. The Morgan fingerprint density at radius 3 is 2.33 bits per heavy atom. The number of rotatable bonds is 10. The molecule has 2 N–H and O–H groups in total. The maximum atomic E-state index is 5.64. The number of ether oxygens (including phenoxy) is 3. The summed E-state index contributed by atoms with van der Waals surface area (Å²) >= 11 is 0. The monoisotopic (exact) mass is 527 g/mol. The van der Waals surface area contributed by atoms with Crippen molar-refractivity contribution in [2.24, 2.45) is 4.99 Å². The fourth-order valence-electron chi connectivity index (χ4n) is 3.01. The maximum absolute atomic E-state index is 5.64. The number of methoxy groups -OCH3 is 2. The van der Waals surface area contributed by atoms with Crippen LogP contribution in [0.25, 0.3) is 0 Å². The molecule has 166 valence electrons. The number of hydrogen-bond acceptors (Lipinski definition) is 4. The molecule has 7 heteroatoms. The van der Waals surface area contributed by atoms with Crippen LogP contribution in [0.1, 0.15) is 37.3 Å². The Kier molecular flexibility index (Phi) is 12.0. The van der Waals surface area contributed by atoms with Gasteiger partial charge in [0.15, 0.2) is 17.5 Å². The standard InChI is InChI=1S/C23H33N3O3.HI/c1-6-29-22-15-18(7-12-21(22)28-5)16-26-23(24-3)25-14-13-17(2)19-8-10-20(27-4)11-9-19;/h7-12,15,17H,6,13-14,16H2,1-5H3,(H2,24,25,26);1H. The van der Waals surface area contributed by atoms with Crippen LogP contribution >= 0.6 is 24.0 Å². The zero-order chi connectivity index (χ0) is 21.1. The van der Waals surface area contributed by atoms with Gasteiger partial charge >= 0.3 is 0 Å². The summed E-state index contributed by atoms with van der Waals surface area (Å²) in [6.07, 6.45) is 1.00. The Morgan fingerprint density at radius 2 is 1.73 bits per heavy atom. The smallest absolute Gasteiger partial charge is 0.191 e. The van der Waals surface area contributed by atoms with E-state index in [1.54, 1.807) is 21.3 Å². The van der Waals surface area contributed by atoms with Gasteiger partial charge in [-0.3, -0.25) is 4.99 Å². The number of benzene rings is 2. The largest absolute Gasteiger partial charge is 0.497 e. The molecule has 0 radical (unpaired) electrons. The van der Waals surface area contributed by atoms with E-state index in [1.807, 2.05) is 37.3 Å². The average molecular weight is 527 g/mol. The highest BCUT2D eigenvalue weighted by atomic mass is 127. The summed E-state index contributed by atoms with van der Waals surface area (Å²) in [5.74, 6) is 3.61. The molecule has 0 amide bonds. The number of guanidine groups is 1. The summed E-state index contributed by atoms with van der Waals surface area (Å²) in [7, 11) is 5.11. The van der Waals surface area contributed by atoms with E-state index in [0.29, 0.717) is 19.1 Å². The molecular weight excluding hydrogens is 493 g/mol. The third-order valence-corrected chi connectivity index (χ3v) is 4.77. The van der Waals surface area contributed by atoms with Gasteiger partial charge in [0.25, 0.3) is 0 Å². The summed E-state index contributed by atoms with van der Waals surface area (Å²) in [6.45, 7) is 6.27. The lowest BCUT2D eigenvalue weighted by atomic mass is 9.98. The Bertz CT molecular complexity index is 782. The summed E-state index contributed by atoms with van der Waals surface area (Å²) in [5, 5.41) is 6.73. The lowest BCUT2D eigenvalue weighted by Gasteiger charge is -2.16. The van der Waals surface area contributed by atoms with Crippen molar-refractivity contribution >= 4 is 29.9 Å². The minimum Gasteiger partial charge on any atom is -0.497 e. The van der Waals surface area contributed by atoms with Gasteiger partial charge in [0.1, 0.15) is 5.75 Å². The van der Waals surface area contributed by atoms with Crippen LogP contribution in [0.5, 0.6) is 17.2 Å². The summed E-state index contributed by atoms with van der Waals surface area (Å²) < 4.78 is 16.2. The fourth-order valence-corrected chi connectivity index (χ4v) is 3.01. The van der Waals surface area contributed by atoms with E-state index < -0.39 is 0 Å². The van der Waals surface area contributed by atoms with Gasteiger partial charge in [-0.25, -0.2) is 0 Å². The second kappa shape index (κ2) is 14.0. The molecule has 0 spiro atoms. The van der Waals surface area contributed by atoms with Crippen LogP contribution in [0.2, 0.25) is 0 Å². The third kappa shape index (κ3) is 7.93. The Balaban J connectivity index is 0.00000450. The molecule has 0 saturated heterocycles. The zero-order valence-electron chi connectivity index (χ0n) is 18.5. The molecule has 6 nitrogen and oxygen atoms in total. The van der Waals surface area contributed by atoms with Crippen LogP contribution in [0, 0.1) is 0 Å². The molecule has 2 aromatic carbocycles. The van der Waals surface area contributed by atoms with E-state index in [0.717, 1.165) is 41.7 Å². The zero-order valence-corrected chi connectivity index (χ0v) is 20.9. The number of aliphatic imine (C=N–C) groups is 1. The number of nitrogens with one attached hydrogen (secondary N) is 2. The predicted octanol–water partition coefficient (Wildman–Crippen LogP) is 4.58. The van der Waals surface area contributed by atoms with Crippen molar-refractivity contribution in [1.29, 1.82) is 0 Å². The second-order valence-corrected chi connectivity index (χ2v) is 6.73. The highest BCUT2D eigenvalue weighted by Gasteiger charge is 2.08. The quantitative estimate of drug-likeness (QED) is 0.269. The molecule has 2 aromatic rings. The summed E-state index contributed by atoms with van der Waals surface area (Å²) in [5.41, 5.74) is 2.40. The van der Waals surface area contributed by atoms with Crippen molar-refractivity contribution in [3.8, 4) is 17.2 Å². The van der Waals surface area contributed by atoms with E-state index in [2.05, 4.69) is 34.7 Å². The molecule has 0 bridgehead atoms. The molecule has 2 rings (SSSR count). The fraction of sp³-hybridized carbons (Fsp3) is 0.435. The summed E-state index contributed by atoms with van der Waals surface area (Å²) in [4.78, 5) is 4.31. The lowest BCUT2D eigenvalue weighted by Crippen LogP contribution is -2.37. The van der Waals surface area contributed by atoms with Crippen LogP contribution in [0.3, 0.4) is 0 Å². The van der Waals surface area contributed by atoms with Gasteiger partial charge < -0.3 is 24.8 Å². The van der Waals surface area contributed by atoms with E-state index in [-0.39, 0.29) is 24.0 Å². The molecule has 0 aliphatic carbocycles. The average Bonchev–Trinajstić information content (AvgIpc) is 2.76. The lowest BCUT2D eigenvalue weighted by molar-refractivity contribution is 0.310. The third-order valence-electron chi connectivity index (χ3n) is 4.77. The van der Waals surface area contributed by atoms with E-state index >= 15 is 0 Å². The number of nitrogens with zero attached hydrogens (tertiary/aromatic N) is 1. The molecule has 0 fully saturated rings. The molecule has 1 unspecified atom stereocenters. The van der Waals surface area contributed by atoms with E-state index in [9.17, 15) is 0 Å². The van der Waals surface area contributed by atoms with Gasteiger partial charge in [-0.1, -0.05) is 25.1 Å². The first-order valence-corrected chi connectivity index (χ1v) is 9.99. The van der Waals surface area contributed by atoms with Crippen molar-refractivity contribution < 1.29 is 14.2 Å². The molecule has 0 aromatic heterocycles. The predicted molar refractivity (Wildman–Crippen MR) is 134 cm³/mol. The first-order valence-electron chi connectivity index (χ1n) is 9.99. The van der Waals surface area contributed by atoms with Crippen molar-refractivity contribution in [1.82, 2.24) is 10.6 Å². The molecular formula is C23H34IN3O3. The van der Waals surface area contributed by atoms with Gasteiger partial charge in [0.2, 0.25) is 0 Å². The Hall–Kier alpha value is -2.16. The van der Waals surface area contributed by atoms with Crippen LogP contribution in [0.4, 0.5) is 0 Å². The first-order chi connectivity index (χ1) is 14.1. The molecule has 0 heterocycles. The topological polar surface area (TPSA) is 64.1 Å².